The molecule has 120 valence electrons. The molecular weight excluding hydrogens is 289 g/mol. The van der Waals surface area contributed by atoms with Gasteiger partial charge in [-0.15, -0.1) is 0 Å². The number of aromatic nitrogens is 2. The summed E-state index contributed by atoms with van der Waals surface area (Å²) in [6.07, 6.45) is 3.40. The molecule has 1 saturated heterocycles. The van der Waals surface area contributed by atoms with E-state index in [0.29, 0.717) is 18.0 Å². The van der Waals surface area contributed by atoms with Crippen molar-refractivity contribution in [2.45, 2.75) is 45.4 Å². The van der Waals surface area contributed by atoms with E-state index in [1.54, 1.807) is 12.4 Å². The molecule has 1 aliphatic rings. The standard InChI is InChI=1S/C17H22BN3O2/c1-16(2)17(3,4)23-18(22-16)14-11-19-12-15(21-14)20-10-13-8-6-5-7-9-13/h5-9,11-12H,10H2,1-4H3,(H,20,21). The molecule has 0 bridgehead atoms. The van der Waals surface area contributed by atoms with Crippen LogP contribution in [-0.2, 0) is 15.9 Å². The molecule has 1 fully saturated rings. The van der Waals surface area contributed by atoms with Crippen LogP contribution in [0, 0.1) is 0 Å². The average Bonchev–Trinajstić information content (AvgIpc) is 2.75. The summed E-state index contributed by atoms with van der Waals surface area (Å²) in [5, 5.41) is 3.28. The van der Waals surface area contributed by atoms with Crippen molar-refractivity contribution in [1.29, 1.82) is 0 Å². The van der Waals surface area contributed by atoms with Crippen LogP contribution in [0.25, 0.3) is 0 Å². The van der Waals surface area contributed by atoms with Crippen molar-refractivity contribution < 1.29 is 9.31 Å². The molecule has 2 heterocycles. The monoisotopic (exact) mass is 311 g/mol. The highest BCUT2D eigenvalue weighted by molar-refractivity contribution is 6.61. The van der Waals surface area contributed by atoms with Crippen molar-refractivity contribution in [2.24, 2.45) is 0 Å². The van der Waals surface area contributed by atoms with Crippen LogP contribution < -0.4 is 10.9 Å². The van der Waals surface area contributed by atoms with E-state index in [0.717, 1.165) is 0 Å². The predicted molar refractivity (Wildman–Crippen MR) is 91.5 cm³/mol. The summed E-state index contributed by atoms with van der Waals surface area (Å²) in [5.74, 6) is 0.709. The van der Waals surface area contributed by atoms with E-state index < -0.39 is 7.12 Å². The van der Waals surface area contributed by atoms with E-state index in [4.69, 9.17) is 9.31 Å². The van der Waals surface area contributed by atoms with Gasteiger partial charge in [-0.05, 0) is 33.3 Å². The number of benzene rings is 1. The molecule has 5 nitrogen and oxygen atoms in total. The highest BCUT2D eigenvalue weighted by Crippen LogP contribution is 2.36. The molecule has 6 heteroatoms. The largest absolute Gasteiger partial charge is 0.516 e. The first-order valence-electron chi connectivity index (χ1n) is 7.83. The Kier molecular flexibility index (Phi) is 4.12. The second-order valence-corrected chi connectivity index (χ2v) is 6.76. The first kappa shape index (κ1) is 16.0. The lowest BCUT2D eigenvalue weighted by molar-refractivity contribution is 0.00578. The number of hydrogen-bond acceptors (Lipinski definition) is 5. The molecule has 1 N–H and O–H groups in total. The normalized spacial score (nSPS) is 18.9. The first-order valence-corrected chi connectivity index (χ1v) is 7.83. The molecule has 0 amide bonds. The van der Waals surface area contributed by atoms with Gasteiger partial charge in [0.25, 0.3) is 0 Å². The Morgan fingerprint density at radius 3 is 2.30 bits per heavy atom. The molecule has 1 aliphatic heterocycles. The number of anilines is 1. The lowest BCUT2D eigenvalue weighted by Gasteiger charge is -2.32. The zero-order chi connectivity index (χ0) is 16.5. The fourth-order valence-electron chi connectivity index (χ4n) is 2.33. The maximum Gasteiger partial charge on any atom is 0.516 e. The van der Waals surface area contributed by atoms with Gasteiger partial charge in [0, 0.05) is 12.7 Å². The molecule has 0 saturated carbocycles. The summed E-state index contributed by atoms with van der Waals surface area (Å²) in [6.45, 7) is 8.80. The molecule has 1 aromatic heterocycles. The first-order chi connectivity index (χ1) is 10.9. The molecular formula is C17H22BN3O2. The second-order valence-electron chi connectivity index (χ2n) is 6.76. The minimum absolute atomic E-state index is 0.382. The number of nitrogens with zero attached hydrogens (tertiary/aromatic N) is 2. The molecule has 0 radical (unpaired) electrons. The highest BCUT2D eigenvalue weighted by Gasteiger charge is 2.52. The van der Waals surface area contributed by atoms with Crippen molar-refractivity contribution in [3.63, 3.8) is 0 Å². The molecule has 0 unspecified atom stereocenters. The third kappa shape index (κ3) is 3.38. The second kappa shape index (κ2) is 5.94. The fraction of sp³-hybridized carbons (Fsp3) is 0.412. The fourth-order valence-corrected chi connectivity index (χ4v) is 2.33. The van der Waals surface area contributed by atoms with E-state index in [1.807, 2.05) is 45.9 Å². The smallest absolute Gasteiger partial charge is 0.398 e. The van der Waals surface area contributed by atoms with Crippen LogP contribution in [0.5, 0.6) is 0 Å². The van der Waals surface area contributed by atoms with Gasteiger partial charge in [-0.25, -0.2) is 4.98 Å². The summed E-state index contributed by atoms with van der Waals surface area (Å²) in [7, 11) is -0.494. The van der Waals surface area contributed by atoms with Crippen molar-refractivity contribution in [3.8, 4) is 0 Å². The van der Waals surface area contributed by atoms with Gasteiger partial charge >= 0.3 is 7.12 Å². The summed E-state index contributed by atoms with van der Waals surface area (Å²) in [4.78, 5) is 8.83. The van der Waals surface area contributed by atoms with Crippen molar-refractivity contribution in [2.75, 3.05) is 5.32 Å². The van der Waals surface area contributed by atoms with Gasteiger partial charge in [-0.1, -0.05) is 30.3 Å². The van der Waals surface area contributed by atoms with Gasteiger partial charge in [-0.2, -0.15) is 0 Å². The van der Waals surface area contributed by atoms with Crippen molar-refractivity contribution >= 4 is 18.5 Å². The third-order valence-electron chi connectivity index (χ3n) is 4.46. The van der Waals surface area contributed by atoms with Crippen LogP contribution in [0.4, 0.5) is 5.82 Å². The number of rotatable bonds is 4. The Morgan fingerprint density at radius 2 is 1.65 bits per heavy atom. The van der Waals surface area contributed by atoms with Crippen LogP contribution in [-0.4, -0.2) is 28.3 Å². The topological polar surface area (TPSA) is 56.3 Å². The maximum atomic E-state index is 6.02. The van der Waals surface area contributed by atoms with Crippen molar-refractivity contribution in [3.05, 3.63) is 48.3 Å². The van der Waals surface area contributed by atoms with E-state index in [9.17, 15) is 0 Å². The SMILES string of the molecule is CC1(C)OB(c2cncc(NCc3ccccc3)n2)OC1(C)C. The summed E-state index contributed by atoms with van der Waals surface area (Å²) in [6, 6.07) is 10.2. The minimum Gasteiger partial charge on any atom is -0.398 e. The maximum absolute atomic E-state index is 6.02. The Balaban J connectivity index is 1.71. The van der Waals surface area contributed by atoms with Gasteiger partial charge in [0.1, 0.15) is 5.82 Å². The van der Waals surface area contributed by atoms with Gasteiger partial charge < -0.3 is 14.6 Å². The van der Waals surface area contributed by atoms with Gasteiger partial charge in [0.15, 0.2) is 0 Å². The average molecular weight is 311 g/mol. The Bertz CT molecular complexity index is 661. The third-order valence-corrected chi connectivity index (χ3v) is 4.46. The number of hydrogen-bond donors (Lipinski definition) is 1. The highest BCUT2D eigenvalue weighted by atomic mass is 16.7. The van der Waals surface area contributed by atoms with Crippen LogP contribution in [0.15, 0.2) is 42.7 Å². The Hall–Kier alpha value is -1.92. The van der Waals surface area contributed by atoms with E-state index in [2.05, 4.69) is 27.4 Å². The number of nitrogens with one attached hydrogen (secondary N) is 1. The van der Waals surface area contributed by atoms with Gasteiger partial charge in [-0.3, -0.25) is 4.98 Å². The van der Waals surface area contributed by atoms with Crippen LogP contribution in [0.2, 0.25) is 0 Å². The van der Waals surface area contributed by atoms with Crippen LogP contribution in [0.3, 0.4) is 0 Å². The molecule has 3 rings (SSSR count). The Labute approximate surface area is 137 Å². The van der Waals surface area contributed by atoms with Crippen molar-refractivity contribution in [1.82, 2.24) is 9.97 Å². The molecule has 0 aliphatic carbocycles. The lowest BCUT2D eigenvalue weighted by Crippen LogP contribution is -2.41. The van der Waals surface area contributed by atoms with Gasteiger partial charge in [0.2, 0.25) is 0 Å². The summed E-state index contributed by atoms with van der Waals surface area (Å²) >= 11 is 0. The zero-order valence-electron chi connectivity index (χ0n) is 14.0. The van der Waals surface area contributed by atoms with E-state index in [1.165, 1.54) is 5.56 Å². The molecule has 1 aromatic carbocycles. The lowest BCUT2D eigenvalue weighted by atomic mass is 9.85. The van der Waals surface area contributed by atoms with Gasteiger partial charge in [0.05, 0.1) is 23.0 Å². The van der Waals surface area contributed by atoms with E-state index in [-0.39, 0.29) is 11.2 Å². The zero-order valence-corrected chi connectivity index (χ0v) is 14.0. The van der Waals surface area contributed by atoms with E-state index >= 15 is 0 Å². The molecule has 23 heavy (non-hydrogen) atoms. The molecule has 0 atom stereocenters. The summed E-state index contributed by atoms with van der Waals surface area (Å²) in [5.41, 5.74) is 1.11. The molecule has 0 spiro atoms. The molecule has 2 aromatic rings. The van der Waals surface area contributed by atoms with Crippen LogP contribution >= 0.6 is 0 Å². The summed E-state index contributed by atoms with van der Waals surface area (Å²) < 4.78 is 12.0. The predicted octanol–water partition coefficient (Wildman–Crippen LogP) is 2.39. The Morgan fingerprint density at radius 1 is 1.00 bits per heavy atom. The quantitative estimate of drug-likeness (QED) is 0.879. The minimum atomic E-state index is -0.494. The van der Waals surface area contributed by atoms with Crippen LogP contribution in [0.1, 0.15) is 33.3 Å².